The molecule has 0 bridgehead atoms. The first-order chi connectivity index (χ1) is 12.4. The molecule has 0 atom stereocenters. The summed E-state index contributed by atoms with van der Waals surface area (Å²) in [6.45, 7) is 1.78. The molecule has 4 heterocycles. The topological polar surface area (TPSA) is 41.7 Å². The standard InChI is InChI=1S/C20H16N4S/c1-3-15(20-21-8-9-22-20)4-2-14(1)18-12-24-11-16(5-6-19(24)23-18)17-7-10-25-13-17/h1-7,10-13H,8-9H2,(H,21,22). The Morgan fingerprint density at radius 3 is 2.48 bits per heavy atom. The van der Waals surface area contributed by atoms with Gasteiger partial charge in [-0.15, -0.1) is 0 Å². The maximum absolute atomic E-state index is 4.75. The van der Waals surface area contributed by atoms with Crippen molar-refractivity contribution in [3.05, 3.63) is 71.2 Å². The van der Waals surface area contributed by atoms with Crippen molar-refractivity contribution < 1.29 is 0 Å². The van der Waals surface area contributed by atoms with Crippen LogP contribution in [-0.2, 0) is 0 Å². The number of hydrogen-bond acceptors (Lipinski definition) is 4. The van der Waals surface area contributed by atoms with Gasteiger partial charge in [0.15, 0.2) is 0 Å². The van der Waals surface area contributed by atoms with Crippen LogP contribution in [0.3, 0.4) is 0 Å². The van der Waals surface area contributed by atoms with E-state index < -0.39 is 0 Å². The minimum absolute atomic E-state index is 0.857. The number of hydrogen-bond donors (Lipinski definition) is 1. The Hall–Kier alpha value is -2.92. The SMILES string of the molecule is c1cc(-c2ccc3nc(-c4ccc(C5=NCCN5)cc4)cn3c2)cs1. The Kier molecular flexibility index (Phi) is 3.38. The molecule has 4 nitrogen and oxygen atoms in total. The summed E-state index contributed by atoms with van der Waals surface area (Å²) >= 11 is 1.71. The average Bonchev–Trinajstić information content (AvgIpc) is 3.42. The molecule has 5 heteroatoms. The molecule has 0 spiro atoms. The van der Waals surface area contributed by atoms with Crippen molar-refractivity contribution in [3.63, 3.8) is 0 Å². The zero-order chi connectivity index (χ0) is 16.6. The van der Waals surface area contributed by atoms with E-state index in [4.69, 9.17) is 4.98 Å². The molecule has 5 rings (SSSR count). The molecule has 0 saturated carbocycles. The quantitative estimate of drug-likeness (QED) is 0.608. The molecule has 25 heavy (non-hydrogen) atoms. The molecule has 1 N–H and O–H groups in total. The minimum atomic E-state index is 0.857. The van der Waals surface area contributed by atoms with E-state index in [-0.39, 0.29) is 0 Å². The van der Waals surface area contributed by atoms with Gasteiger partial charge in [0.25, 0.3) is 0 Å². The summed E-state index contributed by atoms with van der Waals surface area (Å²) in [6, 6.07) is 14.8. The number of thiophene rings is 1. The van der Waals surface area contributed by atoms with Crippen molar-refractivity contribution in [1.82, 2.24) is 14.7 Å². The van der Waals surface area contributed by atoms with Crippen molar-refractivity contribution in [1.29, 1.82) is 0 Å². The Bertz CT molecular complexity index is 1060. The fourth-order valence-electron chi connectivity index (χ4n) is 3.12. The van der Waals surface area contributed by atoms with Gasteiger partial charge >= 0.3 is 0 Å². The molecule has 0 saturated heterocycles. The number of imidazole rings is 1. The third kappa shape index (κ3) is 2.62. The zero-order valence-electron chi connectivity index (χ0n) is 13.5. The Labute approximate surface area is 149 Å². The number of pyridine rings is 1. The van der Waals surface area contributed by atoms with Crippen LogP contribution in [0.15, 0.2) is 70.6 Å². The molecular formula is C20H16N4S. The molecule has 0 amide bonds. The molecule has 1 aliphatic rings. The van der Waals surface area contributed by atoms with Crippen LogP contribution in [0.4, 0.5) is 0 Å². The number of rotatable bonds is 3. The first-order valence-corrected chi connectivity index (χ1v) is 9.21. The number of nitrogens with zero attached hydrogens (tertiary/aromatic N) is 3. The molecular weight excluding hydrogens is 328 g/mol. The molecule has 0 radical (unpaired) electrons. The van der Waals surface area contributed by atoms with Crippen LogP contribution in [-0.4, -0.2) is 28.3 Å². The molecule has 0 unspecified atom stereocenters. The van der Waals surface area contributed by atoms with E-state index in [1.54, 1.807) is 11.3 Å². The van der Waals surface area contributed by atoms with E-state index in [1.165, 1.54) is 11.1 Å². The predicted octanol–water partition coefficient (Wildman–Crippen LogP) is 4.08. The Balaban J connectivity index is 1.50. The third-order valence-corrected chi connectivity index (χ3v) is 5.12. The van der Waals surface area contributed by atoms with Crippen LogP contribution in [0.2, 0.25) is 0 Å². The number of aliphatic imine (C=N–C) groups is 1. The van der Waals surface area contributed by atoms with Crippen LogP contribution in [0.25, 0.3) is 28.0 Å². The van der Waals surface area contributed by atoms with Crippen LogP contribution >= 0.6 is 11.3 Å². The van der Waals surface area contributed by atoms with Gasteiger partial charge in [-0.3, -0.25) is 4.99 Å². The number of benzene rings is 1. The van der Waals surface area contributed by atoms with Gasteiger partial charge in [0.05, 0.1) is 12.2 Å². The lowest BCUT2D eigenvalue weighted by atomic mass is 10.1. The lowest BCUT2D eigenvalue weighted by molar-refractivity contribution is 0.960. The maximum Gasteiger partial charge on any atom is 0.137 e. The third-order valence-electron chi connectivity index (χ3n) is 4.43. The van der Waals surface area contributed by atoms with Gasteiger partial charge in [0.1, 0.15) is 11.5 Å². The summed E-state index contributed by atoms with van der Waals surface area (Å²) in [5.74, 6) is 0.988. The van der Waals surface area contributed by atoms with Gasteiger partial charge in [-0.2, -0.15) is 11.3 Å². The molecule has 4 aromatic rings. The highest BCUT2D eigenvalue weighted by molar-refractivity contribution is 7.08. The van der Waals surface area contributed by atoms with Crippen molar-refractivity contribution in [2.75, 3.05) is 13.1 Å². The summed E-state index contributed by atoms with van der Waals surface area (Å²) < 4.78 is 2.10. The van der Waals surface area contributed by atoms with Crippen LogP contribution < -0.4 is 5.32 Å². The van der Waals surface area contributed by atoms with E-state index in [0.29, 0.717) is 0 Å². The van der Waals surface area contributed by atoms with Crippen molar-refractivity contribution >= 4 is 22.8 Å². The molecule has 0 aliphatic carbocycles. The fourth-order valence-corrected chi connectivity index (χ4v) is 3.79. The lowest BCUT2D eigenvalue weighted by Crippen LogP contribution is -2.19. The second-order valence-electron chi connectivity index (χ2n) is 6.06. The number of fused-ring (bicyclic) bond motifs is 1. The van der Waals surface area contributed by atoms with E-state index in [2.05, 4.69) is 80.3 Å². The molecule has 1 aliphatic heterocycles. The number of amidine groups is 1. The average molecular weight is 344 g/mol. The summed E-state index contributed by atoms with van der Waals surface area (Å²) in [5.41, 5.74) is 6.64. The van der Waals surface area contributed by atoms with E-state index in [1.807, 2.05) is 0 Å². The fraction of sp³-hybridized carbons (Fsp3) is 0.100. The first kappa shape index (κ1) is 14.4. The van der Waals surface area contributed by atoms with Crippen LogP contribution in [0.1, 0.15) is 5.56 Å². The van der Waals surface area contributed by atoms with Crippen LogP contribution in [0, 0.1) is 0 Å². The van der Waals surface area contributed by atoms with Gasteiger partial charge in [-0.05, 0) is 40.1 Å². The highest BCUT2D eigenvalue weighted by atomic mass is 32.1. The van der Waals surface area contributed by atoms with E-state index >= 15 is 0 Å². The van der Waals surface area contributed by atoms with Crippen molar-refractivity contribution in [3.8, 4) is 22.4 Å². The molecule has 122 valence electrons. The maximum atomic E-state index is 4.75. The second kappa shape index (κ2) is 5.86. The summed E-state index contributed by atoms with van der Waals surface area (Å²) in [5, 5.41) is 7.57. The molecule has 3 aromatic heterocycles. The Morgan fingerprint density at radius 2 is 1.72 bits per heavy atom. The summed E-state index contributed by atoms with van der Waals surface area (Å²) in [6.07, 6.45) is 4.23. The smallest absolute Gasteiger partial charge is 0.137 e. The Morgan fingerprint density at radius 1 is 0.880 bits per heavy atom. The van der Waals surface area contributed by atoms with Crippen molar-refractivity contribution in [2.45, 2.75) is 0 Å². The molecule has 0 fully saturated rings. The molecule has 1 aromatic carbocycles. The van der Waals surface area contributed by atoms with Crippen LogP contribution in [0.5, 0.6) is 0 Å². The monoisotopic (exact) mass is 344 g/mol. The summed E-state index contributed by atoms with van der Waals surface area (Å²) in [4.78, 5) is 9.22. The van der Waals surface area contributed by atoms with Crippen molar-refractivity contribution in [2.24, 2.45) is 4.99 Å². The second-order valence-corrected chi connectivity index (χ2v) is 6.84. The number of aromatic nitrogens is 2. The highest BCUT2D eigenvalue weighted by Gasteiger charge is 2.10. The van der Waals surface area contributed by atoms with Gasteiger partial charge in [-0.1, -0.05) is 24.3 Å². The zero-order valence-corrected chi connectivity index (χ0v) is 14.3. The van der Waals surface area contributed by atoms with Gasteiger partial charge in [0.2, 0.25) is 0 Å². The predicted molar refractivity (Wildman–Crippen MR) is 103 cm³/mol. The summed E-state index contributed by atoms with van der Waals surface area (Å²) in [7, 11) is 0. The first-order valence-electron chi connectivity index (χ1n) is 8.27. The largest absolute Gasteiger partial charge is 0.368 e. The number of nitrogens with one attached hydrogen (secondary N) is 1. The van der Waals surface area contributed by atoms with Gasteiger partial charge < -0.3 is 9.72 Å². The normalized spacial score (nSPS) is 13.8. The van der Waals surface area contributed by atoms with Gasteiger partial charge in [-0.25, -0.2) is 4.98 Å². The highest BCUT2D eigenvalue weighted by Crippen LogP contribution is 2.25. The van der Waals surface area contributed by atoms with E-state index in [9.17, 15) is 0 Å². The lowest BCUT2D eigenvalue weighted by Gasteiger charge is -2.03. The van der Waals surface area contributed by atoms with E-state index in [0.717, 1.165) is 41.4 Å². The van der Waals surface area contributed by atoms with Gasteiger partial charge in [0, 0.05) is 30.1 Å². The minimum Gasteiger partial charge on any atom is -0.368 e.